The van der Waals surface area contributed by atoms with Gasteiger partial charge in [0.25, 0.3) is 0 Å². The molecule has 1 aliphatic heterocycles. The lowest BCUT2D eigenvalue weighted by Crippen LogP contribution is -2.00. The third-order valence-electron chi connectivity index (χ3n) is 1.93. The molecule has 4 heteroatoms. The van der Waals surface area contributed by atoms with Crippen LogP contribution in [-0.2, 0) is 9.53 Å². The molecule has 0 spiro atoms. The Morgan fingerprint density at radius 3 is 2.47 bits per heavy atom. The second kappa shape index (κ2) is 3.87. The van der Waals surface area contributed by atoms with Gasteiger partial charge in [-0.05, 0) is 31.2 Å². The van der Waals surface area contributed by atoms with Gasteiger partial charge in [0.05, 0.1) is 5.69 Å². The summed E-state index contributed by atoms with van der Waals surface area (Å²) in [5.74, 6) is -0.0254. The number of aliphatic imine (C=N–C) groups is 1. The molecule has 1 aromatic rings. The molecule has 1 heterocycles. The van der Waals surface area contributed by atoms with Crippen LogP contribution in [0.1, 0.15) is 6.92 Å². The number of carbonyl (C=O) groups is 1. The van der Waals surface area contributed by atoms with Gasteiger partial charge in [-0.3, -0.25) is 0 Å². The first-order valence-corrected chi connectivity index (χ1v) is 4.78. The smallest absolute Gasteiger partial charge is 0.340 e. The Bertz CT molecular complexity index is 460. The number of hydrogen-bond acceptors (Lipinski definition) is 3. The van der Waals surface area contributed by atoms with E-state index in [1.807, 2.05) is 0 Å². The Kier molecular flexibility index (Phi) is 2.56. The first kappa shape index (κ1) is 9.93. The van der Waals surface area contributed by atoms with Crippen LogP contribution >= 0.6 is 11.6 Å². The van der Waals surface area contributed by atoms with Crippen molar-refractivity contribution in [1.29, 1.82) is 0 Å². The second-order valence-electron chi connectivity index (χ2n) is 3.14. The number of halogens is 1. The first-order valence-electron chi connectivity index (χ1n) is 4.40. The monoisotopic (exact) mass is 221 g/mol. The van der Waals surface area contributed by atoms with Crippen LogP contribution in [0.2, 0.25) is 5.02 Å². The van der Waals surface area contributed by atoms with Gasteiger partial charge in [-0.25, -0.2) is 9.79 Å². The van der Waals surface area contributed by atoms with E-state index in [4.69, 9.17) is 16.3 Å². The largest absolute Gasteiger partial charge is 0.404 e. The normalized spacial score (nSPS) is 17.9. The molecule has 0 fully saturated rings. The molecule has 3 nitrogen and oxygen atoms in total. The van der Waals surface area contributed by atoms with Gasteiger partial charge in [-0.2, -0.15) is 0 Å². The van der Waals surface area contributed by atoms with Gasteiger partial charge >= 0.3 is 5.97 Å². The zero-order valence-corrected chi connectivity index (χ0v) is 8.78. The summed E-state index contributed by atoms with van der Waals surface area (Å²) < 4.78 is 4.89. The number of rotatable bonds is 1. The van der Waals surface area contributed by atoms with E-state index in [1.165, 1.54) is 0 Å². The lowest BCUT2D eigenvalue weighted by molar-refractivity contribution is -0.130. The molecule has 0 N–H and O–H groups in total. The highest BCUT2D eigenvalue weighted by Crippen LogP contribution is 2.18. The number of nitrogens with zero attached hydrogens (tertiary/aromatic N) is 1. The molecule has 0 atom stereocenters. The second-order valence-corrected chi connectivity index (χ2v) is 3.58. The zero-order chi connectivity index (χ0) is 10.8. The fourth-order valence-electron chi connectivity index (χ4n) is 1.15. The van der Waals surface area contributed by atoms with Gasteiger partial charge < -0.3 is 4.74 Å². The van der Waals surface area contributed by atoms with Crippen molar-refractivity contribution in [3.63, 3.8) is 0 Å². The Morgan fingerprint density at radius 2 is 1.93 bits per heavy atom. The van der Waals surface area contributed by atoms with E-state index < -0.39 is 0 Å². The Hall–Kier alpha value is -1.61. The summed E-state index contributed by atoms with van der Waals surface area (Å²) in [6, 6.07) is 6.97. The topological polar surface area (TPSA) is 38.7 Å². The summed E-state index contributed by atoms with van der Waals surface area (Å²) in [5.41, 5.74) is 1.26. The minimum Gasteiger partial charge on any atom is -0.404 e. The van der Waals surface area contributed by atoms with Gasteiger partial charge in [0, 0.05) is 16.7 Å². The van der Waals surface area contributed by atoms with Gasteiger partial charge in [0.15, 0.2) is 0 Å². The third kappa shape index (κ3) is 2.25. The van der Waals surface area contributed by atoms with Crippen molar-refractivity contribution in [3.05, 3.63) is 40.9 Å². The number of ether oxygens (including phenoxy) is 1. The van der Waals surface area contributed by atoms with Crippen molar-refractivity contribution in [3.8, 4) is 0 Å². The van der Waals surface area contributed by atoms with Crippen LogP contribution in [0, 0.1) is 0 Å². The van der Waals surface area contributed by atoms with Crippen molar-refractivity contribution in [1.82, 2.24) is 0 Å². The molecular weight excluding hydrogens is 214 g/mol. The number of cyclic esters (lactones) is 1. The summed E-state index contributed by atoms with van der Waals surface area (Å²) in [6.45, 7) is 1.69. The molecule has 0 aliphatic carbocycles. The molecule has 0 aromatic heterocycles. The predicted octanol–water partition coefficient (Wildman–Crippen LogP) is 2.87. The predicted molar refractivity (Wildman–Crippen MR) is 58.4 cm³/mol. The van der Waals surface area contributed by atoms with Crippen molar-refractivity contribution in [2.45, 2.75) is 6.92 Å². The fraction of sp³-hybridized carbons (Fsp3) is 0.0909. The molecule has 1 aromatic carbocycles. The fourth-order valence-corrected chi connectivity index (χ4v) is 1.27. The minimum atomic E-state index is -0.345. The Balaban J connectivity index is 2.25. The van der Waals surface area contributed by atoms with Gasteiger partial charge in [-0.1, -0.05) is 11.6 Å². The SMILES string of the molecule is CC1=CC(=Nc2ccc(Cl)cc2)OC1=O. The van der Waals surface area contributed by atoms with Crippen molar-refractivity contribution >= 4 is 29.2 Å². The van der Waals surface area contributed by atoms with Crippen LogP contribution in [0.3, 0.4) is 0 Å². The van der Waals surface area contributed by atoms with E-state index >= 15 is 0 Å². The van der Waals surface area contributed by atoms with Gasteiger partial charge in [0.1, 0.15) is 0 Å². The summed E-state index contributed by atoms with van der Waals surface area (Å²) in [7, 11) is 0. The lowest BCUT2D eigenvalue weighted by atomic mass is 10.3. The maximum Gasteiger partial charge on any atom is 0.340 e. The molecule has 76 valence electrons. The van der Waals surface area contributed by atoms with Crippen LogP contribution in [0.15, 0.2) is 40.9 Å². The summed E-state index contributed by atoms with van der Waals surface area (Å²) in [5, 5.41) is 0.647. The number of esters is 1. The molecule has 0 saturated heterocycles. The van der Waals surface area contributed by atoms with Crippen molar-refractivity contribution in [2.75, 3.05) is 0 Å². The highest BCUT2D eigenvalue weighted by Gasteiger charge is 2.17. The average molecular weight is 222 g/mol. The Labute approximate surface area is 92.0 Å². The minimum absolute atomic E-state index is 0.319. The maximum atomic E-state index is 11.0. The van der Waals surface area contributed by atoms with E-state index in [9.17, 15) is 4.79 Å². The van der Waals surface area contributed by atoms with Crippen molar-refractivity contribution < 1.29 is 9.53 Å². The third-order valence-corrected chi connectivity index (χ3v) is 2.18. The quantitative estimate of drug-likeness (QED) is 0.684. The molecular formula is C11H8ClNO2. The van der Waals surface area contributed by atoms with Gasteiger partial charge in [-0.15, -0.1) is 0 Å². The van der Waals surface area contributed by atoms with Gasteiger partial charge in [0.2, 0.25) is 5.90 Å². The number of benzene rings is 1. The van der Waals surface area contributed by atoms with Crippen LogP contribution in [0.4, 0.5) is 5.69 Å². The Morgan fingerprint density at radius 1 is 1.27 bits per heavy atom. The van der Waals surface area contributed by atoms with Crippen LogP contribution < -0.4 is 0 Å². The maximum absolute atomic E-state index is 11.0. The van der Waals surface area contributed by atoms with E-state index in [-0.39, 0.29) is 5.97 Å². The molecule has 15 heavy (non-hydrogen) atoms. The molecule has 1 aliphatic rings. The molecule has 0 bridgehead atoms. The van der Waals surface area contributed by atoms with Crippen LogP contribution in [0.25, 0.3) is 0 Å². The summed E-state index contributed by atoms with van der Waals surface area (Å²) in [4.78, 5) is 15.2. The van der Waals surface area contributed by atoms with E-state index in [0.717, 1.165) is 0 Å². The highest BCUT2D eigenvalue weighted by molar-refractivity contribution is 6.30. The molecule has 0 unspecified atom stereocenters. The molecule has 0 amide bonds. The van der Waals surface area contributed by atoms with Crippen molar-refractivity contribution in [2.24, 2.45) is 4.99 Å². The number of carbonyl (C=O) groups excluding carboxylic acids is 1. The van der Waals surface area contributed by atoms with E-state index in [0.29, 0.717) is 22.2 Å². The number of hydrogen-bond donors (Lipinski definition) is 0. The van der Waals surface area contributed by atoms with E-state index in [1.54, 1.807) is 37.3 Å². The van der Waals surface area contributed by atoms with Crippen LogP contribution in [0.5, 0.6) is 0 Å². The molecule has 2 rings (SSSR count). The van der Waals surface area contributed by atoms with E-state index in [2.05, 4.69) is 4.99 Å². The molecule has 0 saturated carbocycles. The first-order chi connectivity index (χ1) is 7.15. The molecule has 0 radical (unpaired) electrons. The zero-order valence-electron chi connectivity index (χ0n) is 8.03. The lowest BCUT2D eigenvalue weighted by Gasteiger charge is -1.96. The highest BCUT2D eigenvalue weighted by atomic mass is 35.5. The van der Waals surface area contributed by atoms with Crippen LogP contribution in [-0.4, -0.2) is 11.9 Å². The standard InChI is InChI=1S/C11H8ClNO2/c1-7-6-10(15-11(7)14)13-9-4-2-8(12)3-5-9/h2-6H,1H3. The summed E-state index contributed by atoms with van der Waals surface area (Å²) >= 11 is 5.73. The summed E-state index contributed by atoms with van der Waals surface area (Å²) in [6.07, 6.45) is 1.61. The average Bonchev–Trinajstić information content (AvgIpc) is 2.50.